The number of aromatic nitrogens is 1. The zero-order valence-corrected chi connectivity index (χ0v) is 9.16. The topological polar surface area (TPSA) is 42.1 Å². The summed E-state index contributed by atoms with van der Waals surface area (Å²) < 4.78 is 0. The van der Waals surface area contributed by atoms with Crippen molar-refractivity contribution in [3.63, 3.8) is 0 Å². The number of anilines is 1. The van der Waals surface area contributed by atoms with Crippen molar-refractivity contribution < 1.29 is 0 Å². The fraction of sp³-hybridized carbons (Fsp3) is 0.583. The van der Waals surface area contributed by atoms with Crippen LogP contribution in [0.5, 0.6) is 0 Å². The molecule has 15 heavy (non-hydrogen) atoms. The Kier molecular flexibility index (Phi) is 1.80. The predicted molar refractivity (Wildman–Crippen MR) is 61.1 cm³/mol. The Morgan fingerprint density at radius 2 is 2.13 bits per heavy atom. The number of aryl methyl sites for hydroxylation is 2. The van der Waals surface area contributed by atoms with E-state index in [9.17, 15) is 0 Å². The lowest BCUT2D eigenvalue weighted by Gasteiger charge is -2.46. The second-order valence-electron chi connectivity index (χ2n) is 5.14. The summed E-state index contributed by atoms with van der Waals surface area (Å²) in [5, 5.41) is 0. The Balaban J connectivity index is 1.83. The molecule has 0 atom stereocenters. The van der Waals surface area contributed by atoms with Crippen molar-refractivity contribution in [2.75, 3.05) is 18.0 Å². The molecule has 3 nitrogen and oxygen atoms in total. The highest BCUT2D eigenvalue weighted by atomic mass is 15.3. The molecule has 1 fully saturated rings. The molecule has 1 saturated heterocycles. The molecular weight excluding hydrogens is 186 g/mol. The van der Waals surface area contributed by atoms with Crippen molar-refractivity contribution >= 4 is 5.82 Å². The van der Waals surface area contributed by atoms with Crippen LogP contribution < -0.4 is 10.6 Å². The highest BCUT2D eigenvalue weighted by molar-refractivity contribution is 5.47. The SMILES string of the molecule is CC1(N)CN(c2ccc3c(n2)CCC3)C1. The lowest BCUT2D eigenvalue weighted by molar-refractivity contribution is 0.362. The van der Waals surface area contributed by atoms with Gasteiger partial charge in [0.15, 0.2) is 0 Å². The molecule has 1 aliphatic heterocycles. The zero-order valence-electron chi connectivity index (χ0n) is 9.16. The summed E-state index contributed by atoms with van der Waals surface area (Å²) in [5.74, 6) is 1.11. The highest BCUT2D eigenvalue weighted by Gasteiger charge is 2.35. The third kappa shape index (κ3) is 1.51. The third-order valence-electron chi connectivity index (χ3n) is 3.34. The summed E-state index contributed by atoms with van der Waals surface area (Å²) in [5.41, 5.74) is 8.72. The quantitative estimate of drug-likeness (QED) is 0.743. The second kappa shape index (κ2) is 2.95. The van der Waals surface area contributed by atoms with Crippen molar-refractivity contribution in [1.29, 1.82) is 0 Å². The Bertz CT molecular complexity index is 390. The fourth-order valence-electron chi connectivity index (χ4n) is 2.57. The molecule has 3 rings (SSSR count). The Labute approximate surface area is 90.3 Å². The van der Waals surface area contributed by atoms with Gasteiger partial charge in [-0.3, -0.25) is 0 Å². The highest BCUT2D eigenvalue weighted by Crippen LogP contribution is 2.27. The lowest BCUT2D eigenvalue weighted by Crippen LogP contribution is -2.65. The molecule has 0 aromatic carbocycles. The number of nitrogens with zero attached hydrogens (tertiary/aromatic N) is 2. The van der Waals surface area contributed by atoms with Gasteiger partial charge in [0.2, 0.25) is 0 Å². The largest absolute Gasteiger partial charge is 0.353 e. The van der Waals surface area contributed by atoms with E-state index in [4.69, 9.17) is 10.7 Å². The van der Waals surface area contributed by atoms with Gasteiger partial charge in [0, 0.05) is 24.3 Å². The molecule has 0 spiro atoms. The molecule has 2 heterocycles. The van der Waals surface area contributed by atoms with Crippen LogP contribution in [0, 0.1) is 0 Å². The van der Waals surface area contributed by atoms with E-state index >= 15 is 0 Å². The second-order valence-corrected chi connectivity index (χ2v) is 5.14. The van der Waals surface area contributed by atoms with Crippen molar-refractivity contribution in [2.24, 2.45) is 5.73 Å². The van der Waals surface area contributed by atoms with Gasteiger partial charge in [0.25, 0.3) is 0 Å². The minimum Gasteiger partial charge on any atom is -0.353 e. The number of pyridine rings is 1. The van der Waals surface area contributed by atoms with Gasteiger partial charge < -0.3 is 10.6 Å². The standard InChI is InChI=1S/C12H17N3/c1-12(13)7-15(8-12)11-6-5-9-3-2-4-10(9)14-11/h5-6H,2-4,7-8,13H2,1H3. The number of rotatable bonds is 1. The van der Waals surface area contributed by atoms with Crippen LogP contribution in [-0.4, -0.2) is 23.6 Å². The number of hydrogen-bond acceptors (Lipinski definition) is 3. The summed E-state index contributed by atoms with van der Waals surface area (Å²) in [7, 11) is 0. The van der Waals surface area contributed by atoms with Gasteiger partial charge in [-0.1, -0.05) is 6.07 Å². The van der Waals surface area contributed by atoms with Crippen LogP contribution in [0.25, 0.3) is 0 Å². The summed E-state index contributed by atoms with van der Waals surface area (Å²) in [4.78, 5) is 6.97. The number of fused-ring (bicyclic) bond motifs is 1. The van der Waals surface area contributed by atoms with Gasteiger partial charge in [-0.2, -0.15) is 0 Å². The normalized spacial score (nSPS) is 22.4. The van der Waals surface area contributed by atoms with E-state index < -0.39 is 0 Å². The minimum absolute atomic E-state index is 0.0132. The predicted octanol–water partition coefficient (Wildman–Crippen LogP) is 1.11. The molecule has 0 bridgehead atoms. The van der Waals surface area contributed by atoms with Gasteiger partial charge in [0.05, 0.1) is 0 Å². The maximum absolute atomic E-state index is 5.99. The molecular formula is C12H17N3. The van der Waals surface area contributed by atoms with Crippen LogP contribution in [0.15, 0.2) is 12.1 Å². The molecule has 0 unspecified atom stereocenters. The molecule has 3 heteroatoms. The maximum Gasteiger partial charge on any atom is 0.128 e. The first-order valence-corrected chi connectivity index (χ1v) is 5.67. The van der Waals surface area contributed by atoms with E-state index in [1.807, 2.05) is 0 Å². The van der Waals surface area contributed by atoms with E-state index in [1.165, 1.54) is 24.1 Å². The Hall–Kier alpha value is -1.09. The van der Waals surface area contributed by atoms with Crippen molar-refractivity contribution in [1.82, 2.24) is 4.98 Å². The molecule has 2 N–H and O–H groups in total. The average molecular weight is 203 g/mol. The van der Waals surface area contributed by atoms with E-state index in [-0.39, 0.29) is 5.54 Å². The van der Waals surface area contributed by atoms with Crippen LogP contribution in [0.3, 0.4) is 0 Å². The number of hydrogen-bond donors (Lipinski definition) is 1. The van der Waals surface area contributed by atoms with Gasteiger partial charge in [-0.25, -0.2) is 4.98 Å². The van der Waals surface area contributed by atoms with Gasteiger partial charge in [-0.15, -0.1) is 0 Å². The van der Waals surface area contributed by atoms with Crippen LogP contribution in [0.4, 0.5) is 5.82 Å². The Morgan fingerprint density at radius 1 is 1.33 bits per heavy atom. The van der Waals surface area contributed by atoms with Crippen molar-refractivity contribution in [2.45, 2.75) is 31.7 Å². The molecule has 1 aromatic heterocycles. The van der Waals surface area contributed by atoms with E-state index in [0.717, 1.165) is 25.3 Å². The average Bonchev–Trinajstić information content (AvgIpc) is 2.60. The minimum atomic E-state index is -0.0132. The van der Waals surface area contributed by atoms with Gasteiger partial charge >= 0.3 is 0 Å². The molecule has 80 valence electrons. The molecule has 0 radical (unpaired) electrons. The fourth-order valence-corrected chi connectivity index (χ4v) is 2.57. The molecule has 1 aliphatic carbocycles. The molecule has 0 saturated carbocycles. The van der Waals surface area contributed by atoms with Crippen molar-refractivity contribution in [3.8, 4) is 0 Å². The smallest absolute Gasteiger partial charge is 0.128 e. The summed E-state index contributed by atoms with van der Waals surface area (Å²) in [6.07, 6.45) is 3.62. The first-order chi connectivity index (χ1) is 7.14. The van der Waals surface area contributed by atoms with Gasteiger partial charge in [-0.05, 0) is 37.8 Å². The monoisotopic (exact) mass is 203 g/mol. The van der Waals surface area contributed by atoms with Crippen LogP contribution in [-0.2, 0) is 12.8 Å². The van der Waals surface area contributed by atoms with Crippen LogP contribution in [0.2, 0.25) is 0 Å². The van der Waals surface area contributed by atoms with Crippen molar-refractivity contribution in [3.05, 3.63) is 23.4 Å². The van der Waals surface area contributed by atoms with E-state index in [1.54, 1.807) is 0 Å². The molecule has 1 aromatic rings. The lowest BCUT2D eigenvalue weighted by atomic mass is 9.94. The summed E-state index contributed by atoms with van der Waals surface area (Å²) >= 11 is 0. The van der Waals surface area contributed by atoms with Gasteiger partial charge in [0.1, 0.15) is 5.82 Å². The zero-order chi connectivity index (χ0) is 10.5. The summed E-state index contributed by atoms with van der Waals surface area (Å²) in [6, 6.07) is 4.37. The molecule has 0 amide bonds. The van der Waals surface area contributed by atoms with Crippen LogP contribution >= 0.6 is 0 Å². The summed E-state index contributed by atoms with van der Waals surface area (Å²) in [6.45, 7) is 3.95. The first kappa shape index (κ1) is 9.16. The van der Waals surface area contributed by atoms with Crippen LogP contribution in [0.1, 0.15) is 24.6 Å². The maximum atomic E-state index is 5.99. The van der Waals surface area contributed by atoms with E-state index in [0.29, 0.717) is 0 Å². The number of nitrogens with two attached hydrogens (primary N) is 1. The Morgan fingerprint density at radius 3 is 2.87 bits per heavy atom. The third-order valence-corrected chi connectivity index (χ3v) is 3.34. The first-order valence-electron chi connectivity index (χ1n) is 5.67. The van der Waals surface area contributed by atoms with E-state index in [2.05, 4.69) is 24.0 Å². The molecule has 2 aliphatic rings.